The Balaban J connectivity index is 1.42. The molecule has 1 aromatic heterocycles. The van der Waals surface area contributed by atoms with Gasteiger partial charge in [-0.3, -0.25) is 4.79 Å². The summed E-state index contributed by atoms with van der Waals surface area (Å²) in [5.74, 6) is -0.723. The lowest BCUT2D eigenvalue weighted by Gasteiger charge is -2.12. The van der Waals surface area contributed by atoms with Crippen molar-refractivity contribution in [1.29, 1.82) is 0 Å². The van der Waals surface area contributed by atoms with Gasteiger partial charge in [0.2, 0.25) is 17.0 Å². The van der Waals surface area contributed by atoms with E-state index in [4.69, 9.17) is 21.1 Å². The van der Waals surface area contributed by atoms with Crippen LogP contribution >= 0.6 is 11.6 Å². The monoisotopic (exact) mass is 478 g/mol. The van der Waals surface area contributed by atoms with Gasteiger partial charge in [-0.25, -0.2) is 10.4 Å². The summed E-state index contributed by atoms with van der Waals surface area (Å²) in [6, 6.07) is 18.8. The third-order valence-corrected chi connectivity index (χ3v) is 4.92. The summed E-state index contributed by atoms with van der Waals surface area (Å²) in [6.45, 7) is 2.16. The van der Waals surface area contributed by atoms with Crippen molar-refractivity contribution in [2.75, 3.05) is 6.61 Å². The van der Waals surface area contributed by atoms with Crippen LogP contribution in [0.25, 0.3) is 10.8 Å². The highest BCUT2D eigenvalue weighted by Crippen LogP contribution is 2.32. The van der Waals surface area contributed by atoms with Crippen molar-refractivity contribution in [3.63, 3.8) is 0 Å². The summed E-state index contributed by atoms with van der Waals surface area (Å²) >= 11 is 5.72. The van der Waals surface area contributed by atoms with Crippen LogP contribution < -0.4 is 14.9 Å². The van der Waals surface area contributed by atoms with E-state index in [9.17, 15) is 9.18 Å². The maximum Gasteiger partial charge on any atom is 0.260 e. The Kier molecular flexibility index (Phi) is 7.29. The van der Waals surface area contributed by atoms with Crippen LogP contribution in [0, 0.1) is 5.82 Å². The average molecular weight is 479 g/mol. The predicted molar refractivity (Wildman–Crippen MR) is 128 cm³/mol. The number of ether oxygens (including phenoxy) is 2. The number of hydrazone groups is 1. The van der Waals surface area contributed by atoms with Crippen molar-refractivity contribution in [1.82, 2.24) is 15.4 Å². The summed E-state index contributed by atoms with van der Waals surface area (Å²) in [6.07, 6.45) is 2.60. The molecule has 0 unspecified atom stereocenters. The minimum atomic E-state index is -0.758. The molecule has 0 bridgehead atoms. The lowest BCUT2D eigenvalue weighted by Crippen LogP contribution is -2.19. The maximum atomic E-state index is 13.9. The Bertz CT molecular complexity index is 1360. The summed E-state index contributed by atoms with van der Waals surface area (Å²) in [7, 11) is 0. The van der Waals surface area contributed by atoms with E-state index in [1.54, 1.807) is 25.1 Å². The van der Waals surface area contributed by atoms with E-state index in [-0.39, 0.29) is 29.2 Å². The number of hydrogen-bond acceptors (Lipinski definition) is 6. The van der Waals surface area contributed by atoms with Gasteiger partial charge in [0.15, 0.2) is 11.5 Å². The third kappa shape index (κ3) is 5.85. The number of aromatic nitrogens is 2. The van der Waals surface area contributed by atoms with Crippen LogP contribution in [0.15, 0.2) is 72.0 Å². The number of carbonyl (C=O) groups excluding carboxylic acids is 1. The van der Waals surface area contributed by atoms with Crippen molar-refractivity contribution in [3.8, 4) is 17.4 Å². The van der Waals surface area contributed by atoms with Crippen molar-refractivity contribution in [2.24, 2.45) is 5.10 Å². The SMILES string of the molecule is CCOc1cc(/C=N\NC(=O)Cc2ccc3ccccc3c2)ccc1Oc1nc(Cl)ncc1F. The maximum absolute atomic E-state index is 13.9. The topological polar surface area (TPSA) is 85.7 Å². The number of carbonyl (C=O) groups is 1. The van der Waals surface area contributed by atoms with E-state index in [2.05, 4.69) is 20.5 Å². The number of rotatable bonds is 8. The van der Waals surface area contributed by atoms with Crippen LogP contribution in [0.5, 0.6) is 17.4 Å². The first-order chi connectivity index (χ1) is 16.5. The van der Waals surface area contributed by atoms with Crippen LogP contribution in [0.1, 0.15) is 18.1 Å². The Morgan fingerprint density at radius 1 is 1.12 bits per heavy atom. The average Bonchev–Trinajstić information content (AvgIpc) is 2.83. The van der Waals surface area contributed by atoms with E-state index < -0.39 is 5.82 Å². The molecular weight excluding hydrogens is 459 g/mol. The molecule has 172 valence electrons. The molecule has 1 amide bonds. The molecule has 0 fully saturated rings. The summed E-state index contributed by atoms with van der Waals surface area (Å²) in [4.78, 5) is 19.6. The smallest absolute Gasteiger partial charge is 0.260 e. The molecule has 0 aliphatic rings. The molecule has 4 aromatic rings. The summed E-state index contributed by atoms with van der Waals surface area (Å²) < 4.78 is 25.0. The zero-order chi connectivity index (χ0) is 23.9. The Hall–Kier alpha value is -4.04. The fraction of sp³-hybridized carbons (Fsp3) is 0.120. The van der Waals surface area contributed by atoms with Gasteiger partial charge >= 0.3 is 0 Å². The fourth-order valence-electron chi connectivity index (χ4n) is 3.22. The van der Waals surface area contributed by atoms with Gasteiger partial charge < -0.3 is 9.47 Å². The van der Waals surface area contributed by atoms with Crippen LogP contribution in [-0.2, 0) is 11.2 Å². The molecule has 0 saturated carbocycles. The standard InChI is InChI=1S/C25H20ClFN4O3/c1-2-33-22-12-17(8-10-21(22)34-24-20(27)15-28-25(26)30-24)14-29-31-23(32)13-16-7-9-18-5-3-4-6-19(18)11-16/h3-12,14-15H,2,13H2,1H3,(H,31,32)/b29-14-. The van der Waals surface area contributed by atoms with E-state index in [1.807, 2.05) is 42.5 Å². The fourth-order valence-corrected chi connectivity index (χ4v) is 3.34. The first kappa shape index (κ1) is 23.1. The van der Waals surface area contributed by atoms with Crippen molar-refractivity contribution in [3.05, 3.63) is 89.1 Å². The third-order valence-electron chi connectivity index (χ3n) is 4.74. The summed E-state index contributed by atoms with van der Waals surface area (Å²) in [5.41, 5.74) is 4.06. The van der Waals surface area contributed by atoms with Gasteiger partial charge in [-0.1, -0.05) is 42.5 Å². The van der Waals surface area contributed by atoms with E-state index in [0.29, 0.717) is 17.9 Å². The predicted octanol–water partition coefficient (Wildman–Crippen LogP) is 5.31. The lowest BCUT2D eigenvalue weighted by molar-refractivity contribution is -0.120. The van der Waals surface area contributed by atoms with Gasteiger partial charge in [0, 0.05) is 0 Å². The molecule has 0 aliphatic carbocycles. The Morgan fingerprint density at radius 3 is 2.76 bits per heavy atom. The van der Waals surface area contributed by atoms with Crippen LogP contribution in [0.3, 0.4) is 0 Å². The molecule has 7 nitrogen and oxygen atoms in total. The summed E-state index contributed by atoms with van der Waals surface area (Å²) in [5, 5.41) is 6.07. The molecule has 3 aromatic carbocycles. The number of benzene rings is 3. The molecule has 34 heavy (non-hydrogen) atoms. The zero-order valence-electron chi connectivity index (χ0n) is 18.2. The molecule has 9 heteroatoms. The van der Waals surface area contributed by atoms with Gasteiger partial charge in [0.1, 0.15) is 0 Å². The highest BCUT2D eigenvalue weighted by molar-refractivity contribution is 6.28. The van der Waals surface area contributed by atoms with Gasteiger partial charge in [-0.2, -0.15) is 14.5 Å². The second-order valence-electron chi connectivity index (χ2n) is 7.18. The highest BCUT2D eigenvalue weighted by atomic mass is 35.5. The van der Waals surface area contributed by atoms with E-state index in [0.717, 1.165) is 22.5 Å². The lowest BCUT2D eigenvalue weighted by atomic mass is 10.1. The molecule has 0 atom stereocenters. The van der Waals surface area contributed by atoms with Crippen LogP contribution in [0.2, 0.25) is 5.28 Å². The number of halogens is 2. The largest absolute Gasteiger partial charge is 0.490 e. The number of fused-ring (bicyclic) bond motifs is 1. The van der Waals surface area contributed by atoms with Gasteiger partial charge in [-0.15, -0.1) is 0 Å². The zero-order valence-corrected chi connectivity index (χ0v) is 18.9. The minimum Gasteiger partial charge on any atom is -0.490 e. The molecule has 0 aliphatic heterocycles. The van der Waals surface area contributed by atoms with Gasteiger partial charge in [0.25, 0.3) is 5.88 Å². The quantitative estimate of drug-likeness (QED) is 0.211. The molecular formula is C25H20ClFN4O3. The number of nitrogens with one attached hydrogen (secondary N) is 1. The van der Waals surface area contributed by atoms with E-state index >= 15 is 0 Å². The first-order valence-electron chi connectivity index (χ1n) is 10.4. The van der Waals surface area contributed by atoms with Crippen molar-refractivity contribution >= 4 is 34.5 Å². The van der Waals surface area contributed by atoms with Crippen LogP contribution in [-0.4, -0.2) is 28.7 Å². The number of amides is 1. The molecule has 4 rings (SSSR count). The molecule has 1 N–H and O–H groups in total. The normalized spacial score (nSPS) is 11.0. The van der Waals surface area contributed by atoms with Crippen LogP contribution in [0.4, 0.5) is 4.39 Å². The molecule has 0 saturated heterocycles. The Labute approximate surface area is 200 Å². The number of hydrogen-bond donors (Lipinski definition) is 1. The second-order valence-corrected chi connectivity index (χ2v) is 7.52. The first-order valence-corrected chi connectivity index (χ1v) is 10.8. The van der Waals surface area contributed by atoms with E-state index in [1.165, 1.54) is 6.21 Å². The number of nitrogens with zero attached hydrogens (tertiary/aromatic N) is 3. The van der Waals surface area contributed by atoms with Gasteiger partial charge in [-0.05, 0) is 58.6 Å². The van der Waals surface area contributed by atoms with Crippen molar-refractivity contribution < 1.29 is 18.7 Å². The molecule has 1 heterocycles. The second kappa shape index (κ2) is 10.7. The minimum absolute atomic E-state index is 0.141. The molecule has 0 spiro atoms. The van der Waals surface area contributed by atoms with Crippen molar-refractivity contribution in [2.45, 2.75) is 13.3 Å². The highest BCUT2D eigenvalue weighted by Gasteiger charge is 2.13. The Morgan fingerprint density at radius 2 is 1.94 bits per heavy atom. The molecule has 0 radical (unpaired) electrons. The van der Waals surface area contributed by atoms with Gasteiger partial charge in [0.05, 0.1) is 25.4 Å².